The first-order valence-electron chi connectivity index (χ1n) is 4.53. The zero-order valence-corrected chi connectivity index (χ0v) is 10.4. The van der Waals surface area contributed by atoms with Crippen LogP contribution < -0.4 is 0 Å². The van der Waals surface area contributed by atoms with Crippen molar-refractivity contribution in [2.45, 2.75) is 13.8 Å². The van der Waals surface area contributed by atoms with Gasteiger partial charge in [0.2, 0.25) is 0 Å². The van der Waals surface area contributed by atoms with E-state index >= 15 is 0 Å². The van der Waals surface area contributed by atoms with Crippen molar-refractivity contribution in [2.75, 3.05) is 27.0 Å². The number of carbonyl (C=O) groups excluding carboxylic acids is 1. The van der Waals surface area contributed by atoms with Crippen molar-refractivity contribution in [3.8, 4) is 0 Å². The number of allylic oxidation sites excluding steroid dienone is 1. The lowest BCUT2D eigenvalue weighted by molar-refractivity contribution is -0.138. The molecule has 0 aromatic carbocycles. The summed E-state index contributed by atoms with van der Waals surface area (Å²) >= 11 is 0. The molecule has 0 spiro atoms. The molecule has 0 aliphatic heterocycles. The third-order valence-electron chi connectivity index (χ3n) is 1.77. The maximum atomic E-state index is 11.6. The van der Waals surface area contributed by atoms with E-state index in [4.69, 9.17) is 13.8 Å². The summed E-state index contributed by atoms with van der Waals surface area (Å²) in [5.74, 6) is -0.420. The van der Waals surface area contributed by atoms with E-state index in [2.05, 4.69) is 0 Å². The van der Waals surface area contributed by atoms with Crippen LogP contribution in [-0.4, -0.2) is 33.0 Å². The SMILES string of the molecule is CCOC(=O)/C(C)=C/CP(=O)(OC)OC. The van der Waals surface area contributed by atoms with Crippen LogP contribution in [0.1, 0.15) is 13.8 Å². The van der Waals surface area contributed by atoms with E-state index in [9.17, 15) is 9.36 Å². The van der Waals surface area contributed by atoms with Crippen LogP contribution in [0.4, 0.5) is 0 Å². The molecule has 5 nitrogen and oxygen atoms in total. The van der Waals surface area contributed by atoms with Gasteiger partial charge in [-0.05, 0) is 13.8 Å². The van der Waals surface area contributed by atoms with Crippen molar-refractivity contribution in [1.82, 2.24) is 0 Å². The highest BCUT2D eigenvalue weighted by molar-refractivity contribution is 7.54. The van der Waals surface area contributed by atoms with E-state index in [1.54, 1.807) is 13.8 Å². The standard InChI is InChI=1S/C9H17O5P/c1-5-14-9(10)8(2)6-7-15(11,12-3)13-4/h6H,5,7H2,1-4H3/b8-6+. The third kappa shape index (κ3) is 5.11. The van der Waals surface area contributed by atoms with Crippen molar-refractivity contribution in [1.29, 1.82) is 0 Å². The molecular weight excluding hydrogens is 219 g/mol. The summed E-state index contributed by atoms with van der Waals surface area (Å²) in [6.07, 6.45) is 1.55. The van der Waals surface area contributed by atoms with Gasteiger partial charge in [0.25, 0.3) is 0 Å². The quantitative estimate of drug-likeness (QED) is 0.401. The van der Waals surface area contributed by atoms with Gasteiger partial charge in [-0.1, -0.05) is 6.08 Å². The van der Waals surface area contributed by atoms with Crippen LogP contribution >= 0.6 is 7.60 Å². The van der Waals surface area contributed by atoms with E-state index in [0.717, 1.165) is 0 Å². The molecule has 6 heteroatoms. The van der Waals surface area contributed by atoms with Crippen LogP contribution in [0.3, 0.4) is 0 Å². The molecule has 0 heterocycles. The van der Waals surface area contributed by atoms with Gasteiger partial charge in [0.1, 0.15) is 0 Å². The predicted octanol–water partition coefficient (Wildman–Crippen LogP) is 1.98. The maximum Gasteiger partial charge on any atom is 0.333 e. The first kappa shape index (κ1) is 14.4. The lowest BCUT2D eigenvalue weighted by Gasteiger charge is -2.11. The predicted molar refractivity (Wildman–Crippen MR) is 56.9 cm³/mol. The molecular formula is C9H17O5P. The topological polar surface area (TPSA) is 61.8 Å². The van der Waals surface area contributed by atoms with Crippen LogP contribution in [0, 0.1) is 0 Å². The molecule has 15 heavy (non-hydrogen) atoms. The number of esters is 1. The second-order valence-electron chi connectivity index (χ2n) is 2.77. The molecule has 0 atom stereocenters. The smallest absolute Gasteiger partial charge is 0.333 e. The van der Waals surface area contributed by atoms with Gasteiger partial charge in [-0.15, -0.1) is 0 Å². The number of hydrogen-bond acceptors (Lipinski definition) is 5. The minimum atomic E-state index is -3.08. The minimum Gasteiger partial charge on any atom is -0.463 e. The fraction of sp³-hybridized carbons (Fsp3) is 0.667. The third-order valence-corrected chi connectivity index (χ3v) is 3.52. The van der Waals surface area contributed by atoms with Gasteiger partial charge in [-0.2, -0.15) is 0 Å². The Hall–Kier alpha value is -0.640. The van der Waals surface area contributed by atoms with Crippen molar-refractivity contribution >= 4 is 13.6 Å². The molecule has 0 unspecified atom stereocenters. The Morgan fingerprint density at radius 3 is 2.27 bits per heavy atom. The molecule has 0 saturated carbocycles. The van der Waals surface area contributed by atoms with Gasteiger partial charge in [-0.3, -0.25) is 4.57 Å². The molecule has 0 fully saturated rings. The average Bonchev–Trinajstić information content (AvgIpc) is 2.25. The van der Waals surface area contributed by atoms with Gasteiger partial charge < -0.3 is 13.8 Å². The zero-order valence-electron chi connectivity index (χ0n) is 9.48. The Morgan fingerprint density at radius 2 is 1.87 bits per heavy atom. The lowest BCUT2D eigenvalue weighted by atomic mass is 10.3. The van der Waals surface area contributed by atoms with Crippen molar-refractivity contribution in [3.63, 3.8) is 0 Å². The zero-order chi connectivity index (χ0) is 11.9. The molecule has 0 aromatic rings. The number of carbonyl (C=O) groups is 1. The molecule has 0 saturated heterocycles. The Labute approximate surface area is 89.9 Å². The molecule has 88 valence electrons. The molecule has 0 radical (unpaired) electrons. The maximum absolute atomic E-state index is 11.6. The van der Waals surface area contributed by atoms with Gasteiger partial charge >= 0.3 is 13.6 Å². The molecule has 0 aliphatic rings. The van der Waals surface area contributed by atoms with E-state index in [0.29, 0.717) is 12.2 Å². The van der Waals surface area contributed by atoms with E-state index in [1.807, 2.05) is 0 Å². The Bertz CT molecular complexity index is 276. The molecule has 0 N–H and O–H groups in total. The van der Waals surface area contributed by atoms with Gasteiger partial charge in [0, 0.05) is 19.8 Å². The summed E-state index contributed by atoms with van der Waals surface area (Å²) in [6.45, 7) is 3.63. The number of hydrogen-bond donors (Lipinski definition) is 0. The normalized spacial score (nSPS) is 12.7. The summed E-state index contributed by atoms with van der Waals surface area (Å²) in [4.78, 5) is 11.2. The monoisotopic (exact) mass is 236 g/mol. The number of rotatable bonds is 6. The van der Waals surface area contributed by atoms with Crippen molar-refractivity contribution in [2.24, 2.45) is 0 Å². The number of ether oxygens (including phenoxy) is 1. The van der Waals surface area contributed by atoms with Crippen molar-refractivity contribution in [3.05, 3.63) is 11.6 Å². The average molecular weight is 236 g/mol. The Balaban J connectivity index is 4.39. The Kier molecular flexibility index (Phi) is 6.48. The summed E-state index contributed by atoms with van der Waals surface area (Å²) < 4.78 is 25.8. The molecule has 0 aromatic heterocycles. The van der Waals surface area contributed by atoms with E-state index < -0.39 is 13.6 Å². The van der Waals surface area contributed by atoms with E-state index in [1.165, 1.54) is 20.3 Å². The summed E-state index contributed by atoms with van der Waals surface area (Å²) in [5.41, 5.74) is 0.395. The molecule has 0 rings (SSSR count). The molecule has 0 aliphatic carbocycles. The molecule has 0 amide bonds. The van der Waals surface area contributed by atoms with Crippen LogP contribution in [0.25, 0.3) is 0 Å². The second kappa shape index (κ2) is 6.77. The second-order valence-corrected chi connectivity index (χ2v) is 5.08. The van der Waals surface area contributed by atoms with Crippen LogP contribution in [0.15, 0.2) is 11.6 Å². The highest BCUT2D eigenvalue weighted by Crippen LogP contribution is 2.46. The first-order chi connectivity index (χ1) is 6.99. The largest absolute Gasteiger partial charge is 0.463 e. The van der Waals surface area contributed by atoms with Gasteiger partial charge in [0.05, 0.1) is 12.8 Å². The minimum absolute atomic E-state index is 0.0602. The highest BCUT2D eigenvalue weighted by atomic mass is 31.2. The Morgan fingerprint density at radius 1 is 1.33 bits per heavy atom. The van der Waals surface area contributed by atoms with Crippen LogP contribution in [-0.2, 0) is 23.1 Å². The van der Waals surface area contributed by atoms with Gasteiger partial charge in [-0.25, -0.2) is 4.79 Å². The summed E-state index contributed by atoms with van der Waals surface area (Å²) in [5, 5.41) is 0. The first-order valence-corrected chi connectivity index (χ1v) is 6.26. The molecule has 0 bridgehead atoms. The van der Waals surface area contributed by atoms with Crippen LogP contribution in [0.2, 0.25) is 0 Å². The fourth-order valence-corrected chi connectivity index (χ4v) is 1.75. The van der Waals surface area contributed by atoms with Crippen molar-refractivity contribution < 1.29 is 23.1 Å². The van der Waals surface area contributed by atoms with Gasteiger partial charge in [0.15, 0.2) is 0 Å². The van der Waals surface area contributed by atoms with Crippen LogP contribution in [0.5, 0.6) is 0 Å². The fourth-order valence-electron chi connectivity index (χ4n) is 0.801. The summed E-state index contributed by atoms with van der Waals surface area (Å²) in [7, 11) is -0.471. The lowest BCUT2D eigenvalue weighted by Crippen LogP contribution is -2.06. The summed E-state index contributed by atoms with van der Waals surface area (Å²) in [6, 6.07) is 0. The highest BCUT2D eigenvalue weighted by Gasteiger charge is 2.19. The van der Waals surface area contributed by atoms with E-state index in [-0.39, 0.29) is 6.16 Å².